The predicted octanol–water partition coefficient (Wildman–Crippen LogP) is 5.19. The summed E-state index contributed by atoms with van der Waals surface area (Å²) in [6.07, 6.45) is 2.21. The Morgan fingerprint density at radius 2 is 1.94 bits per heavy atom. The number of amides is 1. The van der Waals surface area contributed by atoms with Gasteiger partial charge in [0.1, 0.15) is 6.61 Å². The number of nitrogens with zero attached hydrogens (tertiary/aromatic N) is 2. The van der Waals surface area contributed by atoms with Crippen molar-refractivity contribution in [3.8, 4) is 0 Å². The van der Waals surface area contributed by atoms with Gasteiger partial charge >= 0.3 is 11.8 Å². The molecule has 0 spiro atoms. The summed E-state index contributed by atoms with van der Waals surface area (Å²) in [5, 5.41) is 0.881. The van der Waals surface area contributed by atoms with E-state index in [1.807, 2.05) is 30.3 Å². The van der Waals surface area contributed by atoms with Gasteiger partial charge in [-0.25, -0.2) is 9.59 Å². The molecular formula is C24H23BrClN3O4S. The van der Waals surface area contributed by atoms with Crippen LogP contribution in [-0.4, -0.2) is 39.4 Å². The lowest BCUT2D eigenvalue weighted by Crippen LogP contribution is -2.40. The lowest BCUT2D eigenvalue weighted by atomic mass is 9.90. The van der Waals surface area contributed by atoms with Crippen molar-refractivity contribution >= 4 is 56.3 Å². The van der Waals surface area contributed by atoms with E-state index >= 15 is 0 Å². The van der Waals surface area contributed by atoms with Gasteiger partial charge in [0.05, 0.1) is 20.4 Å². The second-order valence-corrected chi connectivity index (χ2v) is 10.9. The number of H-pyrrole nitrogens is 1. The molecule has 2 aliphatic rings. The predicted molar refractivity (Wildman–Crippen MR) is 137 cm³/mol. The Kier molecular flexibility index (Phi) is 6.77. The first kappa shape index (κ1) is 23.5. The first-order valence-electron chi connectivity index (χ1n) is 11.2. The number of carbonyl (C=O) groups excluding carboxylic acids is 1. The van der Waals surface area contributed by atoms with Crippen LogP contribution in [0.3, 0.4) is 0 Å². The summed E-state index contributed by atoms with van der Waals surface area (Å²) >= 11 is 11.4. The summed E-state index contributed by atoms with van der Waals surface area (Å²) in [4.78, 5) is 42.8. The number of rotatable bonds is 4. The number of halogens is 2. The molecule has 1 saturated heterocycles. The van der Waals surface area contributed by atoms with E-state index in [4.69, 9.17) is 16.3 Å². The number of thioether (sulfide) groups is 1. The quantitative estimate of drug-likeness (QED) is 0.471. The number of hydrogen-bond donors (Lipinski definition) is 1. The molecule has 0 aliphatic carbocycles. The number of likely N-dealkylation sites (tertiary alicyclic amines) is 1. The third-order valence-electron chi connectivity index (χ3n) is 6.54. The molecule has 0 radical (unpaired) electrons. The molecule has 3 heterocycles. The number of ether oxygens (including phenoxy) is 1. The van der Waals surface area contributed by atoms with Crippen molar-refractivity contribution in [1.82, 2.24) is 14.5 Å². The van der Waals surface area contributed by atoms with Crippen LogP contribution in [0.2, 0.25) is 5.02 Å². The fourth-order valence-electron chi connectivity index (χ4n) is 4.79. The standard InChI is InChI=1S/C24H23BrClN3O4S/c25-19-18(26)11-17-20-21(19)34-13-16(29(20)23(31)27-22(17)30)10-14-6-8-28(9-7-14)24(32)33-12-15-4-2-1-3-5-15/h1-5,11,14,16H,6-10,12-13H2,(H,27,30,31)/t16-/m0/s1. The van der Waals surface area contributed by atoms with Crippen LogP contribution in [0.5, 0.6) is 0 Å². The van der Waals surface area contributed by atoms with Gasteiger partial charge in [-0.05, 0) is 52.7 Å². The summed E-state index contributed by atoms with van der Waals surface area (Å²) in [6, 6.07) is 11.2. The van der Waals surface area contributed by atoms with Gasteiger partial charge in [0.2, 0.25) is 0 Å². The molecule has 34 heavy (non-hydrogen) atoms. The zero-order valence-electron chi connectivity index (χ0n) is 18.3. The number of aromatic nitrogens is 2. The summed E-state index contributed by atoms with van der Waals surface area (Å²) in [6.45, 7) is 1.53. The van der Waals surface area contributed by atoms with Crippen molar-refractivity contribution in [1.29, 1.82) is 0 Å². The molecule has 2 aromatic carbocycles. The average molecular weight is 565 g/mol. The zero-order valence-corrected chi connectivity index (χ0v) is 21.4. The maximum absolute atomic E-state index is 12.8. The zero-order chi connectivity index (χ0) is 23.8. The van der Waals surface area contributed by atoms with Crippen LogP contribution >= 0.6 is 39.3 Å². The van der Waals surface area contributed by atoms with Crippen molar-refractivity contribution in [3.05, 3.63) is 72.3 Å². The van der Waals surface area contributed by atoms with Gasteiger partial charge in [-0.1, -0.05) is 41.9 Å². The van der Waals surface area contributed by atoms with E-state index in [2.05, 4.69) is 20.9 Å². The van der Waals surface area contributed by atoms with E-state index in [0.29, 0.717) is 45.2 Å². The highest BCUT2D eigenvalue weighted by molar-refractivity contribution is 9.10. The summed E-state index contributed by atoms with van der Waals surface area (Å²) < 4.78 is 7.91. The van der Waals surface area contributed by atoms with E-state index in [1.54, 1.807) is 27.3 Å². The molecule has 178 valence electrons. The fraction of sp³-hybridized carbons (Fsp3) is 0.375. The molecule has 3 aromatic rings. The highest BCUT2D eigenvalue weighted by Gasteiger charge is 2.31. The van der Waals surface area contributed by atoms with E-state index < -0.39 is 5.56 Å². The van der Waals surface area contributed by atoms with Crippen molar-refractivity contribution in [2.75, 3.05) is 18.8 Å². The van der Waals surface area contributed by atoms with Crippen LogP contribution in [0.25, 0.3) is 10.9 Å². The van der Waals surface area contributed by atoms with E-state index in [9.17, 15) is 14.4 Å². The highest BCUT2D eigenvalue weighted by Crippen LogP contribution is 2.44. The van der Waals surface area contributed by atoms with Crippen molar-refractivity contribution in [2.45, 2.75) is 36.8 Å². The second-order valence-electron chi connectivity index (χ2n) is 8.70. The third-order valence-corrected chi connectivity index (χ3v) is 9.39. The molecule has 2 aliphatic heterocycles. The maximum atomic E-state index is 12.8. The number of nitrogens with one attached hydrogen (secondary N) is 1. The van der Waals surface area contributed by atoms with Gasteiger partial charge in [-0.15, -0.1) is 11.8 Å². The minimum absolute atomic E-state index is 0.0426. The average Bonchev–Trinajstić information content (AvgIpc) is 2.85. The molecular weight excluding hydrogens is 542 g/mol. The SMILES string of the molecule is O=C(OCc1ccccc1)N1CCC(C[C@H]2CSc3c(Br)c(Cl)cc4c(=O)[nH]c(=O)n2c34)CC1. The second kappa shape index (κ2) is 9.79. The van der Waals surface area contributed by atoms with E-state index in [1.165, 1.54) is 0 Å². The largest absolute Gasteiger partial charge is 0.445 e. The topological polar surface area (TPSA) is 84.4 Å². The van der Waals surface area contributed by atoms with E-state index in [-0.39, 0.29) is 24.4 Å². The van der Waals surface area contributed by atoms with Crippen LogP contribution in [0.15, 0.2) is 55.4 Å². The minimum atomic E-state index is -0.421. The molecule has 0 bridgehead atoms. The highest BCUT2D eigenvalue weighted by atomic mass is 79.9. The molecule has 10 heteroatoms. The Morgan fingerprint density at radius 1 is 1.21 bits per heavy atom. The number of piperidine rings is 1. The number of aromatic amines is 1. The van der Waals surface area contributed by atoms with Gasteiger partial charge in [-0.2, -0.15) is 0 Å². The lowest BCUT2D eigenvalue weighted by molar-refractivity contribution is 0.0803. The third kappa shape index (κ3) is 4.53. The lowest BCUT2D eigenvalue weighted by Gasteiger charge is -2.35. The Balaban J connectivity index is 1.27. The molecule has 1 amide bonds. The number of benzene rings is 2. The van der Waals surface area contributed by atoms with Crippen molar-refractivity contribution < 1.29 is 9.53 Å². The van der Waals surface area contributed by atoms with Crippen molar-refractivity contribution in [3.63, 3.8) is 0 Å². The van der Waals surface area contributed by atoms with Gasteiger partial charge in [0, 0.05) is 29.8 Å². The Bertz CT molecular complexity index is 1350. The number of hydrogen-bond acceptors (Lipinski definition) is 5. The van der Waals surface area contributed by atoms with Crippen LogP contribution < -0.4 is 11.2 Å². The summed E-state index contributed by atoms with van der Waals surface area (Å²) in [7, 11) is 0. The van der Waals surface area contributed by atoms with Gasteiger partial charge in [0.25, 0.3) is 5.56 Å². The molecule has 7 nitrogen and oxygen atoms in total. The first-order valence-corrected chi connectivity index (χ1v) is 13.3. The molecule has 1 atom stereocenters. The summed E-state index contributed by atoms with van der Waals surface area (Å²) in [5.74, 6) is 1.08. The molecule has 0 saturated carbocycles. The monoisotopic (exact) mass is 563 g/mol. The van der Waals surface area contributed by atoms with Gasteiger partial charge in [-0.3, -0.25) is 14.3 Å². The van der Waals surface area contributed by atoms with Crippen LogP contribution in [0.4, 0.5) is 4.79 Å². The molecule has 0 unspecified atom stereocenters. The van der Waals surface area contributed by atoms with Crippen LogP contribution in [0.1, 0.15) is 30.9 Å². The maximum Gasteiger partial charge on any atom is 0.410 e. The smallest absolute Gasteiger partial charge is 0.410 e. The van der Waals surface area contributed by atoms with Crippen LogP contribution in [0, 0.1) is 5.92 Å². The first-order chi connectivity index (χ1) is 16.4. The fourth-order valence-corrected chi connectivity index (χ4v) is 6.92. The Hall–Kier alpha value is -2.23. The summed E-state index contributed by atoms with van der Waals surface area (Å²) in [5.41, 5.74) is 0.801. The molecule has 1 N–H and O–H groups in total. The Morgan fingerprint density at radius 3 is 2.68 bits per heavy atom. The molecule has 1 fully saturated rings. The normalized spacial score (nSPS) is 18.3. The van der Waals surface area contributed by atoms with Gasteiger partial charge in [0.15, 0.2) is 0 Å². The number of carbonyl (C=O) groups is 1. The van der Waals surface area contributed by atoms with Crippen LogP contribution in [-0.2, 0) is 11.3 Å². The van der Waals surface area contributed by atoms with Gasteiger partial charge < -0.3 is 9.64 Å². The molecule has 5 rings (SSSR count). The van der Waals surface area contributed by atoms with Crippen molar-refractivity contribution in [2.24, 2.45) is 5.92 Å². The molecule has 1 aromatic heterocycles. The Labute approximate surface area is 213 Å². The van der Waals surface area contributed by atoms with E-state index in [0.717, 1.165) is 29.7 Å². The minimum Gasteiger partial charge on any atom is -0.445 e.